The van der Waals surface area contributed by atoms with Gasteiger partial charge < -0.3 is 19.8 Å². The lowest BCUT2D eigenvalue weighted by molar-refractivity contribution is -0.113. The van der Waals surface area contributed by atoms with Crippen LogP contribution in [0.4, 0.5) is 5.00 Å². The minimum absolute atomic E-state index is 0.160. The lowest BCUT2D eigenvalue weighted by Crippen LogP contribution is -2.16. The molecule has 0 aliphatic rings. The van der Waals surface area contributed by atoms with Gasteiger partial charge in [0.15, 0.2) is 5.16 Å². The Hall–Kier alpha value is -2.52. The zero-order valence-electron chi connectivity index (χ0n) is 15.3. The summed E-state index contributed by atoms with van der Waals surface area (Å²) >= 11 is 2.65. The molecule has 7 nitrogen and oxygen atoms in total. The number of aromatic nitrogens is 2. The Labute approximate surface area is 164 Å². The molecule has 0 spiro atoms. The van der Waals surface area contributed by atoms with Gasteiger partial charge in [0.1, 0.15) is 10.8 Å². The number of hydrogen-bond acceptors (Lipinski definition) is 7. The van der Waals surface area contributed by atoms with E-state index < -0.39 is 5.97 Å². The second-order valence-electron chi connectivity index (χ2n) is 5.74. The monoisotopic (exact) mass is 405 g/mol. The highest BCUT2D eigenvalue weighted by Gasteiger charge is 2.21. The molecule has 2 aromatic heterocycles. The third kappa shape index (κ3) is 4.09. The van der Waals surface area contributed by atoms with Gasteiger partial charge in [-0.1, -0.05) is 11.8 Å². The number of carbonyl (C=O) groups is 2. The number of aryl methyl sites for hydroxylation is 1. The van der Waals surface area contributed by atoms with E-state index in [4.69, 9.17) is 9.47 Å². The Bertz CT molecular complexity index is 1010. The van der Waals surface area contributed by atoms with Gasteiger partial charge in [-0.3, -0.25) is 4.79 Å². The normalized spacial score (nSPS) is 10.8. The number of imidazole rings is 1. The number of fused-ring (bicyclic) bond motifs is 1. The Kier molecular flexibility index (Phi) is 5.71. The summed E-state index contributed by atoms with van der Waals surface area (Å²) in [5, 5.41) is 3.96. The number of H-pyrrole nitrogens is 1. The molecule has 1 amide bonds. The summed E-state index contributed by atoms with van der Waals surface area (Å²) in [6.07, 6.45) is 0. The second-order valence-corrected chi connectivity index (χ2v) is 7.93. The summed E-state index contributed by atoms with van der Waals surface area (Å²) in [5.74, 6) is 0.225. The molecule has 1 aromatic carbocycles. The maximum Gasteiger partial charge on any atom is 0.341 e. The fourth-order valence-electron chi connectivity index (χ4n) is 2.52. The maximum absolute atomic E-state index is 12.3. The van der Waals surface area contributed by atoms with Crippen molar-refractivity contribution in [1.82, 2.24) is 9.97 Å². The van der Waals surface area contributed by atoms with E-state index in [0.29, 0.717) is 15.7 Å². The number of methoxy groups -OCH3 is 2. The summed E-state index contributed by atoms with van der Waals surface area (Å²) in [6, 6.07) is 5.54. The molecule has 0 bridgehead atoms. The first-order valence-corrected chi connectivity index (χ1v) is 9.87. The Morgan fingerprint density at radius 3 is 2.78 bits per heavy atom. The average Bonchev–Trinajstić information content (AvgIpc) is 3.19. The largest absolute Gasteiger partial charge is 0.497 e. The van der Waals surface area contributed by atoms with Crippen LogP contribution in [0.3, 0.4) is 0 Å². The molecular formula is C18H19N3O4S2. The lowest BCUT2D eigenvalue weighted by Gasteiger charge is -2.05. The van der Waals surface area contributed by atoms with Gasteiger partial charge in [0, 0.05) is 10.9 Å². The molecule has 3 rings (SSSR count). The first-order valence-electron chi connectivity index (χ1n) is 8.07. The number of benzene rings is 1. The van der Waals surface area contributed by atoms with E-state index in [9.17, 15) is 9.59 Å². The number of thioether (sulfide) groups is 1. The molecule has 2 heterocycles. The van der Waals surface area contributed by atoms with E-state index in [-0.39, 0.29) is 11.7 Å². The van der Waals surface area contributed by atoms with Crippen molar-refractivity contribution in [3.63, 3.8) is 0 Å². The Morgan fingerprint density at radius 2 is 2.07 bits per heavy atom. The van der Waals surface area contributed by atoms with Crippen LogP contribution in [0.5, 0.6) is 5.75 Å². The van der Waals surface area contributed by atoms with Crippen molar-refractivity contribution < 1.29 is 19.1 Å². The number of amides is 1. The Morgan fingerprint density at radius 1 is 1.30 bits per heavy atom. The molecule has 0 atom stereocenters. The maximum atomic E-state index is 12.3. The number of carbonyl (C=O) groups excluding carboxylic acids is 2. The van der Waals surface area contributed by atoms with Crippen LogP contribution < -0.4 is 10.1 Å². The molecule has 0 aliphatic carbocycles. The average molecular weight is 406 g/mol. The number of nitrogens with one attached hydrogen (secondary N) is 2. The van der Waals surface area contributed by atoms with Crippen LogP contribution in [-0.2, 0) is 9.53 Å². The van der Waals surface area contributed by atoms with Crippen LogP contribution in [0, 0.1) is 13.8 Å². The van der Waals surface area contributed by atoms with Crippen LogP contribution >= 0.6 is 23.1 Å². The first-order chi connectivity index (χ1) is 12.9. The smallest absolute Gasteiger partial charge is 0.341 e. The summed E-state index contributed by atoms with van der Waals surface area (Å²) in [5.41, 5.74) is 2.88. The fourth-order valence-corrected chi connectivity index (χ4v) is 4.27. The zero-order valence-corrected chi connectivity index (χ0v) is 17.0. The van der Waals surface area contributed by atoms with Gasteiger partial charge in [-0.2, -0.15) is 0 Å². The van der Waals surface area contributed by atoms with Crippen molar-refractivity contribution in [2.24, 2.45) is 0 Å². The van der Waals surface area contributed by atoms with Crippen molar-refractivity contribution in [3.05, 3.63) is 34.2 Å². The number of anilines is 1. The third-order valence-electron chi connectivity index (χ3n) is 4.04. The lowest BCUT2D eigenvalue weighted by atomic mass is 10.1. The molecule has 2 N–H and O–H groups in total. The van der Waals surface area contributed by atoms with Crippen molar-refractivity contribution >= 4 is 51.0 Å². The molecule has 3 aromatic rings. The van der Waals surface area contributed by atoms with Crippen LogP contribution in [0.25, 0.3) is 11.0 Å². The van der Waals surface area contributed by atoms with Crippen molar-refractivity contribution in [2.75, 3.05) is 25.3 Å². The topological polar surface area (TPSA) is 93.3 Å². The van der Waals surface area contributed by atoms with Crippen LogP contribution in [-0.4, -0.2) is 41.8 Å². The van der Waals surface area contributed by atoms with E-state index in [0.717, 1.165) is 27.2 Å². The predicted octanol–water partition coefficient (Wildman–Crippen LogP) is 3.77. The fraction of sp³-hybridized carbons (Fsp3) is 0.278. The van der Waals surface area contributed by atoms with Gasteiger partial charge >= 0.3 is 5.97 Å². The number of ether oxygens (including phenoxy) is 2. The van der Waals surface area contributed by atoms with Crippen molar-refractivity contribution in [3.8, 4) is 5.75 Å². The molecule has 0 fully saturated rings. The highest BCUT2D eigenvalue weighted by Crippen LogP contribution is 2.33. The second kappa shape index (κ2) is 8.01. The number of hydrogen-bond donors (Lipinski definition) is 2. The summed E-state index contributed by atoms with van der Waals surface area (Å²) < 4.78 is 10.0. The van der Waals surface area contributed by atoms with Crippen LogP contribution in [0.15, 0.2) is 23.4 Å². The van der Waals surface area contributed by atoms with E-state index in [1.54, 1.807) is 7.11 Å². The molecule has 0 saturated carbocycles. The standard InChI is InChI=1S/C18H19N3O4S2/c1-9-10(2)27-16(15(9)17(23)25-4)21-14(22)8-26-18-19-12-6-5-11(24-3)7-13(12)20-18/h5-7H,8H2,1-4H3,(H,19,20)(H,21,22). The molecule has 0 aliphatic heterocycles. The van der Waals surface area contributed by atoms with Gasteiger partial charge in [0.2, 0.25) is 5.91 Å². The molecule has 0 saturated heterocycles. The van der Waals surface area contributed by atoms with Crippen molar-refractivity contribution in [1.29, 1.82) is 0 Å². The third-order valence-corrected chi connectivity index (χ3v) is 6.03. The summed E-state index contributed by atoms with van der Waals surface area (Å²) in [4.78, 5) is 32.9. The van der Waals surface area contributed by atoms with Gasteiger partial charge in [0.25, 0.3) is 0 Å². The molecule has 0 radical (unpaired) electrons. The number of esters is 1. The van der Waals surface area contributed by atoms with Crippen molar-refractivity contribution in [2.45, 2.75) is 19.0 Å². The van der Waals surface area contributed by atoms with Gasteiger partial charge in [0.05, 0.1) is 36.6 Å². The molecule has 0 unspecified atom stereocenters. The quantitative estimate of drug-likeness (QED) is 0.479. The SMILES string of the molecule is COC(=O)c1c(NC(=O)CSc2nc3ccc(OC)cc3[nH]2)sc(C)c1C. The molecule has 9 heteroatoms. The number of aromatic amines is 1. The summed E-state index contributed by atoms with van der Waals surface area (Å²) in [6.45, 7) is 3.74. The van der Waals surface area contributed by atoms with Crippen LogP contribution in [0.2, 0.25) is 0 Å². The first kappa shape index (κ1) is 19.2. The van der Waals surface area contributed by atoms with E-state index >= 15 is 0 Å². The van der Waals surface area contributed by atoms with E-state index in [1.165, 1.54) is 30.2 Å². The number of rotatable bonds is 6. The zero-order chi connectivity index (χ0) is 19.6. The minimum atomic E-state index is -0.453. The van der Waals surface area contributed by atoms with Crippen LogP contribution in [0.1, 0.15) is 20.8 Å². The van der Waals surface area contributed by atoms with E-state index in [1.807, 2.05) is 32.0 Å². The highest BCUT2D eigenvalue weighted by atomic mass is 32.2. The molecular weight excluding hydrogens is 386 g/mol. The number of nitrogens with zero attached hydrogens (tertiary/aromatic N) is 1. The number of thiophene rings is 1. The van der Waals surface area contributed by atoms with Gasteiger partial charge in [-0.25, -0.2) is 9.78 Å². The van der Waals surface area contributed by atoms with Gasteiger partial charge in [-0.15, -0.1) is 11.3 Å². The minimum Gasteiger partial charge on any atom is -0.497 e. The Balaban J connectivity index is 1.68. The summed E-state index contributed by atoms with van der Waals surface area (Å²) in [7, 11) is 2.93. The molecule has 142 valence electrons. The van der Waals surface area contributed by atoms with E-state index in [2.05, 4.69) is 15.3 Å². The predicted molar refractivity (Wildman–Crippen MR) is 107 cm³/mol. The van der Waals surface area contributed by atoms with Gasteiger partial charge in [-0.05, 0) is 31.5 Å². The highest BCUT2D eigenvalue weighted by molar-refractivity contribution is 7.99. The molecule has 27 heavy (non-hydrogen) atoms.